The van der Waals surface area contributed by atoms with E-state index in [-0.39, 0.29) is 86.0 Å². The van der Waals surface area contributed by atoms with Crippen LogP contribution in [0.25, 0.3) is 0 Å². The van der Waals surface area contributed by atoms with Crippen LogP contribution < -0.4 is 47.4 Å². The largest absolute Gasteiger partial charge is 0.481 e. The molecular formula is C50H46O22. The van der Waals surface area contributed by atoms with E-state index in [1.807, 2.05) is 0 Å². The second kappa shape index (κ2) is 21.9. The average molecular weight is 999 g/mol. The molecule has 378 valence electrons. The Balaban J connectivity index is 1.78. The fourth-order valence-electron chi connectivity index (χ4n) is 8.12. The first kappa shape index (κ1) is 52.5. The Morgan fingerprint density at radius 3 is 1.31 bits per heavy atom. The molecule has 0 saturated heterocycles. The molecule has 5 atom stereocenters. The number of hydrogen-bond donors (Lipinski definition) is 0. The predicted octanol–water partition coefficient (Wildman–Crippen LogP) is 5.89. The van der Waals surface area contributed by atoms with Gasteiger partial charge in [0, 0.05) is 122 Å². The quantitative estimate of drug-likeness (QED) is 0.111. The minimum absolute atomic E-state index is 0.00922. The van der Waals surface area contributed by atoms with E-state index in [0.29, 0.717) is 0 Å². The van der Waals surface area contributed by atoms with Crippen molar-refractivity contribution in [3.05, 3.63) is 82.4 Å². The molecule has 72 heavy (non-hydrogen) atoms. The Morgan fingerprint density at radius 2 is 0.833 bits per heavy atom. The normalized spacial score (nSPS) is 17.3. The van der Waals surface area contributed by atoms with Crippen LogP contribution in [-0.2, 0) is 63.8 Å². The van der Waals surface area contributed by atoms with Crippen LogP contribution in [0, 0.1) is 0 Å². The van der Waals surface area contributed by atoms with Gasteiger partial charge in [-0.3, -0.25) is 47.9 Å². The standard InChI is InChI=1S/C50H46O22/c1-21(51)61-33-17-40(67-27(7)57)44-41(18-33)71-48(32-12-14-36(63-23(3)53)39(16-32)66-26(6)56)50(70-30(10)60)46(44)45-42(68-28(8)58)20-37(64-24(4)54)34-19-43(69-29(9)59)47(72-49(34)45)31-11-13-35(62-22(2)52)38(15-31)65-25(5)55/h11-18,20,43,46-48,50H,19H2,1-10H3/t43-,46+,47-,48-,50-/m1/s1. The number of benzene rings is 4. The van der Waals surface area contributed by atoms with E-state index in [1.165, 1.54) is 54.6 Å². The molecule has 2 aliphatic rings. The lowest BCUT2D eigenvalue weighted by Crippen LogP contribution is -2.40. The maximum Gasteiger partial charge on any atom is 0.308 e. The summed E-state index contributed by atoms with van der Waals surface area (Å²) in [6.45, 7) is 10.9. The summed E-state index contributed by atoms with van der Waals surface area (Å²) in [6.07, 6.45) is -6.27. The number of ether oxygens (including phenoxy) is 12. The zero-order valence-electron chi connectivity index (χ0n) is 40.3. The fraction of sp³-hybridized carbons (Fsp3) is 0.320. The number of fused-ring (bicyclic) bond motifs is 2. The van der Waals surface area contributed by atoms with Gasteiger partial charge in [-0.2, -0.15) is 0 Å². The Kier molecular flexibility index (Phi) is 16.0. The van der Waals surface area contributed by atoms with Gasteiger partial charge in [0.05, 0.1) is 5.92 Å². The van der Waals surface area contributed by atoms with Gasteiger partial charge in [0.2, 0.25) is 0 Å². The van der Waals surface area contributed by atoms with Gasteiger partial charge >= 0.3 is 59.7 Å². The van der Waals surface area contributed by atoms with Crippen molar-refractivity contribution in [2.24, 2.45) is 0 Å². The van der Waals surface area contributed by atoms with Crippen LogP contribution in [0.5, 0.6) is 57.5 Å². The maximum atomic E-state index is 13.5. The van der Waals surface area contributed by atoms with Crippen molar-refractivity contribution >= 4 is 59.7 Å². The Morgan fingerprint density at radius 1 is 0.403 bits per heavy atom. The molecular weight excluding hydrogens is 953 g/mol. The van der Waals surface area contributed by atoms with Crippen LogP contribution in [0.2, 0.25) is 0 Å². The Hall–Kier alpha value is -8.82. The summed E-state index contributed by atoms with van der Waals surface area (Å²) in [5.41, 5.74) is -0.0622. The smallest absolute Gasteiger partial charge is 0.308 e. The van der Waals surface area contributed by atoms with Gasteiger partial charge < -0.3 is 56.8 Å². The molecule has 0 amide bonds. The molecule has 0 unspecified atom stereocenters. The first-order valence-corrected chi connectivity index (χ1v) is 21.7. The number of carbonyl (C=O) groups excluding carboxylic acids is 10. The number of hydrogen-bond acceptors (Lipinski definition) is 22. The lowest BCUT2D eigenvalue weighted by Gasteiger charge is -2.42. The van der Waals surface area contributed by atoms with Crippen LogP contribution >= 0.6 is 0 Å². The molecule has 2 aliphatic heterocycles. The van der Waals surface area contributed by atoms with E-state index in [9.17, 15) is 47.9 Å². The molecule has 4 aromatic rings. The molecule has 22 nitrogen and oxygen atoms in total. The van der Waals surface area contributed by atoms with E-state index >= 15 is 0 Å². The summed E-state index contributed by atoms with van der Waals surface area (Å²) in [6, 6.07) is 11.5. The molecule has 0 aromatic heterocycles. The molecule has 22 heteroatoms. The molecule has 0 bridgehead atoms. The summed E-state index contributed by atoms with van der Waals surface area (Å²) < 4.78 is 69.7. The van der Waals surface area contributed by atoms with Crippen LogP contribution in [0.3, 0.4) is 0 Å². The Labute approximate surface area is 409 Å². The summed E-state index contributed by atoms with van der Waals surface area (Å²) in [5, 5.41) is 0. The molecule has 4 aromatic carbocycles. The third kappa shape index (κ3) is 12.5. The maximum absolute atomic E-state index is 13.5. The van der Waals surface area contributed by atoms with Crippen molar-refractivity contribution in [2.75, 3.05) is 0 Å². The van der Waals surface area contributed by atoms with E-state index in [2.05, 4.69) is 0 Å². The van der Waals surface area contributed by atoms with E-state index < -0.39 is 95.8 Å². The van der Waals surface area contributed by atoms with Crippen LogP contribution in [-0.4, -0.2) is 71.9 Å². The first-order chi connectivity index (χ1) is 33.9. The lowest BCUT2D eigenvalue weighted by molar-refractivity contribution is -0.154. The monoisotopic (exact) mass is 998 g/mol. The summed E-state index contributed by atoms with van der Waals surface area (Å²) in [5.74, 6) is -12.6. The predicted molar refractivity (Wildman–Crippen MR) is 240 cm³/mol. The van der Waals surface area contributed by atoms with Gasteiger partial charge in [-0.25, -0.2) is 0 Å². The third-order valence-corrected chi connectivity index (χ3v) is 10.2. The first-order valence-electron chi connectivity index (χ1n) is 21.7. The summed E-state index contributed by atoms with van der Waals surface area (Å²) in [4.78, 5) is 127. The van der Waals surface area contributed by atoms with Gasteiger partial charge in [-0.05, 0) is 24.3 Å². The minimum atomic E-state index is -1.68. The highest BCUT2D eigenvalue weighted by atomic mass is 16.6. The SMILES string of the molecule is CC(=O)Oc1cc(OC(C)=O)c2c(c1)O[C@H](c1ccc(OC(C)=O)c(OC(C)=O)c1)[C@H](OC(C)=O)[C@@H]2c1c(OC(C)=O)cc(OC(C)=O)c2c1O[C@H](c1ccc(OC(C)=O)c(OC(C)=O)c1)[C@H](OC(C)=O)C2. The summed E-state index contributed by atoms with van der Waals surface area (Å²) >= 11 is 0. The van der Waals surface area contributed by atoms with Crippen molar-refractivity contribution in [3.8, 4) is 57.5 Å². The van der Waals surface area contributed by atoms with Gasteiger partial charge in [0.15, 0.2) is 41.3 Å². The molecule has 0 saturated carbocycles. The zero-order valence-corrected chi connectivity index (χ0v) is 40.3. The highest BCUT2D eigenvalue weighted by Crippen LogP contribution is 2.59. The molecule has 0 aliphatic carbocycles. The van der Waals surface area contributed by atoms with Gasteiger partial charge in [-0.15, -0.1) is 0 Å². The average Bonchev–Trinajstić information content (AvgIpc) is 3.23. The van der Waals surface area contributed by atoms with Gasteiger partial charge in [0.1, 0.15) is 40.6 Å². The van der Waals surface area contributed by atoms with E-state index in [1.54, 1.807) is 0 Å². The highest BCUT2D eigenvalue weighted by Gasteiger charge is 2.50. The number of rotatable bonds is 13. The van der Waals surface area contributed by atoms with Gasteiger partial charge in [-0.1, -0.05) is 12.1 Å². The number of carbonyl (C=O) groups is 10. The minimum Gasteiger partial charge on any atom is -0.481 e. The van der Waals surface area contributed by atoms with Crippen molar-refractivity contribution in [2.45, 2.75) is 106 Å². The lowest BCUT2D eigenvalue weighted by atomic mass is 9.77. The van der Waals surface area contributed by atoms with Crippen LogP contribution in [0.4, 0.5) is 0 Å². The van der Waals surface area contributed by atoms with Crippen molar-refractivity contribution in [3.63, 3.8) is 0 Å². The molecule has 0 spiro atoms. The molecule has 0 radical (unpaired) electrons. The van der Waals surface area contributed by atoms with Crippen molar-refractivity contribution < 1.29 is 105 Å². The van der Waals surface area contributed by atoms with Crippen LogP contribution in [0.15, 0.2) is 54.6 Å². The Bertz CT molecular complexity index is 2930. The molecule has 6 rings (SSSR count). The zero-order chi connectivity index (χ0) is 52.9. The molecule has 0 fully saturated rings. The fourth-order valence-corrected chi connectivity index (χ4v) is 8.12. The molecule has 2 heterocycles. The van der Waals surface area contributed by atoms with Crippen molar-refractivity contribution in [1.82, 2.24) is 0 Å². The molecule has 0 N–H and O–H groups in total. The van der Waals surface area contributed by atoms with E-state index in [4.69, 9.17) is 56.8 Å². The highest BCUT2D eigenvalue weighted by molar-refractivity contribution is 5.79. The topological polar surface area (TPSA) is 281 Å². The van der Waals surface area contributed by atoms with Gasteiger partial charge in [0.25, 0.3) is 0 Å². The van der Waals surface area contributed by atoms with Crippen LogP contribution in [0.1, 0.15) is 115 Å². The third-order valence-electron chi connectivity index (χ3n) is 10.2. The van der Waals surface area contributed by atoms with E-state index in [0.717, 1.165) is 69.2 Å². The second-order valence-corrected chi connectivity index (χ2v) is 16.1. The second-order valence-electron chi connectivity index (χ2n) is 16.1. The number of esters is 10. The summed E-state index contributed by atoms with van der Waals surface area (Å²) in [7, 11) is 0. The van der Waals surface area contributed by atoms with Crippen molar-refractivity contribution in [1.29, 1.82) is 0 Å².